The number of hydrogen-bond acceptors (Lipinski definition) is 3. The summed E-state index contributed by atoms with van der Waals surface area (Å²) < 4.78 is 10.3. The molecule has 0 N–H and O–H groups in total. The molecule has 0 radical (unpaired) electrons. The fraction of sp³-hybridized carbons (Fsp3) is 0.308. The van der Waals surface area contributed by atoms with E-state index < -0.39 is 0 Å². The van der Waals surface area contributed by atoms with Crippen LogP contribution in [0.2, 0.25) is 0 Å². The van der Waals surface area contributed by atoms with Gasteiger partial charge in [0.1, 0.15) is 12.4 Å². The summed E-state index contributed by atoms with van der Waals surface area (Å²) in [5, 5.41) is 0. The lowest BCUT2D eigenvalue weighted by molar-refractivity contribution is -0.120. The van der Waals surface area contributed by atoms with E-state index in [4.69, 9.17) is 9.47 Å². The Morgan fingerprint density at radius 1 is 1.31 bits per heavy atom. The van der Waals surface area contributed by atoms with Crippen molar-refractivity contribution in [2.75, 3.05) is 13.7 Å². The molecule has 1 aromatic carbocycles. The summed E-state index contributed by atoms with van der Waals surface area (Å²) in [6, 6.07) is 7.53. The normalized spacial score (nSPS) is 9.88. The minimum atomic E-state index is -0.0616. The van der Waals surface area contributed by atoms with Gasteiger partial charge < -0.3 is 9.47 Å². The first-order valence-electron chi connectivity index (χ1n) is 5.03. The van der Waals surface area contributed by atoms with Gasteiger partial charge in [0, 0.05) is 0 Å². The summed E-state index contributed by atoms with van der Waals surface area (Å²) in [5.41, 5.74) is 1.53. The second-order valence-corrected chi connectivity index (χ2v) is 3.54. The molecule has 1 aromatic rings. The highest BCUT2D eigenvalue weighted by atomic mass is 16.5. The molecule has 0 aliphatic rings. The molecule has 0 fully saturated rings. The van der Waals surface area contributed by atoms with Crippen molar-refractivity contribution in [1.82, 2.24) is 0 Å². The van der Waals surface area contributed by atoms with Crippen LogP contribution in [0, 0.1) is 0 Å². The van der Waals surface area contributed by atoms with E-state index in [0.717, 1.165) is 11.3 Å². The van der Waals surface area contributed by atoms with E-state index in [-0.39, 0.29) is 12.4 Å². The van der Waals surface area contributed by atoms with E-state index >= 15 is 0 Å². The zero-order valence-electron chi connectivity index (χ0n) is 9.66. The fourth-order valence-corrected chi connectivity index (χ4v) is 1.11. The van der Waals surface area contributed by atoms with Gasteiger partial charge in [0.25, 0.3) is 0 Å². The highest BCUT2D eigenvalue weighted by molar-refractivity contribution is 5.95. The highest BCUT2D eigenvalue weighted by Crippen LogP contribution is 2.11. The molecule has 0 unspecified atom stereocenters. The zero-order valence-corrected chi connectivity index (χ0v) is 9.66. The average Bonchev–Trinajstić information content (AvgIpc) is 2.29. The van der Waals surface area contributed by atoms with Gasteiger partial charge in [-0.2, -0.15) is 0 Å². The largest absolute Gasteiger partial charge is 0.497 e. The molecule has 0 aromatic heterocycles. The Morgan fingerprint density at radius 3 is 2.44 bits per heavy atom. The second kappa shape index (κ2) is 6.08. The minimum absolute atomic E-state index is 0.0616. The average molecular weight is 220 g/mol. The summed E-state index contributed by atoms with van der Waals surface area (Å²) in [5.74, 6) is 0.746. The van der Waals surface area contributed by atoms with Crippen molar-refractivity contribution < 1.29 is 14.3 Å². The molecule has 0 saturated heterocycles. The third kappa shape index (κ3) is 3.87. The monoisotopic (exact) mass is 220 g/mol. The third-order valence-corrected chi connectivity index (χ3v) is 2.14. The van der Waals surface area contributed by atoms with Crippen molar-refractivity contribution in [2.24, 2.45) is 0 Å². The van der Waals surface area contributed by atoms with Crippen LogP contribution in [0.4, 0.5) is 0 Å². The van der Waals surface area contributed by atoms with Gasteiger partial charge in [0.05, 0.1) is 13.7 Å². The smallest absolute Gasteiger partial charge is 0.183 e. The number of Topliss-reactive ketones (excluding diaryl/α,β-unsaturated/α-hetero) is 1. The lowest BCUT2D eigenvalue weighted by Gasteiger charge is -2.04. The molecular formula is C13H16O3. The summed E-state index contributed by atoms with van der Waals surface area (Å²) >= 11 is 0. The van der Waals surface area contributed by atoms with E-state index in [1.165, 1.54) is 0 Å². The Hall–Kier alpha value is -1.61. The Kier molecular flexibility index (Phi) is 4.73. The molecule has 86 valence electrons. The van der Waals surface area contributed by atoms with Crippen LogP contribution in [0.25, 0.3) is 0 Å². The Balaban J connectivity index is 2.37. The number of rotatable bonds is 6. The van der Waals surface area contributed by atoms with Gasteiger partial charge >= 0.3 is 0 Å². The van der Waals surface area contributed by atoms with Gasteiger partial charge in [-0.05, 0) is 30.2 Å². The van der Waals surface area contributed by atoms with Gasteiger partial charge in [0.2, 0.25) is 0 Å². The minimum Gasteiger partial charge on any atom is -0.497 e. The topological polar surface area (TPSA) is 35.5 Å². The molecule has 0 atom stereocenters. The van der Waals surface area contributed by atoms with Crippen LogP contribution < -0.4 is 4.74 Å². The number of carbonyl (C=O) groups is 1. The molecule has 0 aliphatic heterocycles. The van der Waals surface area contributed by atoms with Gasteiger partial charge in [-0.15, -0.1) is 0 Å². The number of methoxy groups -OCH3 is 1. The van der Waals surface area contributed by atoms with Crippen LogP contribution in [0.5, 0.6) is 5.75 Å². The first kappa shape index (κ1) is 12.5. The molecule has 0 saturated carbocycles. The standard InChI is InChI=1S/C13H16O3/c1-10(2)13(14)9-16-8-11-4-6-12(15-3)7-5-11/h4-7H,1,8-9H2,2-3H3. The molecule has 0 bridgehead atoms. The molecule has 0 aliphatic carbocycles. The van der Waals surface area contributed by atoms with E-state index in [9.17, 15) is 4.79 Å². The molecule has 0 heterocycles. The summed E-state index contributed by atoms with van der Waals surface area (Å²) in [7, 11) is 1.62. The number of hydrogen-bond donors (Lipinski definition) is 0. The first-order chi connectivity index (χ1) is 7.63. The SMILES string of the molecule is C=C(C)C(=O)COCc1ccc(OC)cc1. The van der Waals surface area contributed by atoms with Crippen molar-refractivity contribution >= 4 is 5.78 Å². The van der Waals surface area contributed by atoms with Crippen LogP contribution in [-0.2, 0) is 16.1 Å². The van der Waals surface area contributed by atoms with Crippen molar-refractivity contribution in [3.8, 4) is 5.75 Å². The maximum Gasteiger partial charge on any atom is 0.183 e. The molecular weight excluding hydrogens is 204 g/mol. The molecule has 16 heavy (non-hydrogen) atoms. The Bertz CT molecular complexity index is 365. The van der Waals surface area contributed by atoms with Crippen molar-refractivity contribution in [3.05, 3.63) is 42.0 Å². The first-order valence-corrected chi connectivity index (χ1v) is 5.03. The summed E-state index contributed by atoms with van der Waals surface area (Å²) in [6.07, 6.45) is 0. The third-order valence-electron chi connectivity index (χ3n) is 2.14. The van der Waals surface area contributed by atoms with Crippen LogP contribution in [0.1, 0.15) is 12.5 Å². The maximum absolute atomic E-state index is 11.2. The van der Waals surface area contributed by atoms with Crippen LogP contribution in [-0.4, -0.2) is 19.5 Å². The van der Waals surface area contributed by atoms with Gasteiger partial charge in [0.15, 0.2) is 5.78 Å². The van der Waals surface area contributed by atoms with Gasteiger partial charge in [-0.1, -0.05) is 18.7 Å². The maximum atomic E-state index is 11.2. The van der Waals surface area contributed by atoms with Crippen molar-refractivity contribution in [3.63, 3.8) is 0 Å². The lowest BCUT2D eigenvalue weighted by Crippen LogP contribution is -2.08. The van der Waals surface area contributed by atoms with Crippen molar-refractivity contribution in [1.29, 1.82) is 0 Å². The lowest BCUT2D eigenvalue weighted by atomic mass is 10.2. The molecule has 0 spiro atoms. The number of carbonyl (C=O) groups excluding carboxylic acids is 1. The number of ketones is 1. The highest BCUT2D eigenvalue weighted by Gasteiger charge is 2.02. The number of ether oxygens (including phenoxy) is 2. The fourth-order valence-electron chi connectivity index (χ4n) is 1.11. The van der Waals surface area contributed by atoms with Crippen LogP contribution in [0.15, 0.2) is 36.4 Å². The number of benzene rings is 1. The predicted molar refractivity (Wildman–Crippen MR) is 62.5 cm³/mol. The Labute approximate surface area is 95.7 Å². The van der Waals surface area contributed by atoms with E-state index in [0.29, 0.717) is 12.2 Å². The molecule has 1 rings (SSSR count). The summed E-state index contributed by atoms with van der Waals surface area (Å²) in [6.45, 7) is 5.74. The quantitative estimate of drug-likeness (QED) is 0.690. The van der Waals surface area contributed by atoms with E-state index in [1.807, 2.05) is 24.3 Å². The molecule has 3 heteroatoms. The van der Waals surface area contributed by atoms with Crippen LogP contribution >= 0.6 is 0 Å². The zero-order chi connectivity index (χ0) is 12.0. The summed E-state index contributed by atoms with van der Waals surface area (Å²) in [4.78, 5) is 11.2. The van der Waals surface area contributed by atoms with E-state index in [2.05, 4.69) is 6.58 Å². The predicted octanol–water partition coefficient (Wildman–Crippen LogP) is 2.36. The molecule has 0 amide bonds. The molecule has 3 nitrogen and oxygen atoms in total. The van der Waals surface area contributed by atoms with E-state index in [1.54, 1.807) is 14.0 Å². The van der Waals surface area contributed by atoms with Gasteiger partial charge in [-0.3, -0.25) is 4.79 Å². The van der Waals surface area contributed by atoms with Gasteiger partial charge in [-0.25, -0.2) is 0 Å². The van der Waals surface area contributed by atoms with Crippen LogP contribution in [0.3, 0.4) is 0 Å². The second-order valence-electron chi connectivity index (χ2n) is 3.54. The van der Waals surface area contributed by atoms with Crippen molar-refractivity contribution in [2.45, 2.75) is 13.5 Å². The Morgan fingerprint density at radius 2 is 1.94 bits per heavy atom.